The quantitative estimate of drug-likeness (QED) is 0.443. The highest BCUT2D eigenvalue weighted by Gasteiger charge is 2.37. The van der Waals surface area contributed by atoms with Crippen molar-refractivity contribution in [3.63, 3.8) is 0 Å². The van der Waals surface area contributed by atoms with E-state index in [4.69, 9.17) is 14.5 Å². The molecule has 1 fully saturated rings. The van der Waals surface area contributed by atoms with E-state index in [0.717, 1.165) is 80.0 Å². The van der Waals surface area contributed by atoms with Crippen LogP contribution in [0.3, 0.4) is 0 Å². The van der Waals surface area contributed by atoms with Gasteiger partial charge in [0.05, 0.1) is 12.7 Å². The zero-order valence-corrected chi connectivity index (χ0v) is 22.2. The molecule has 0 saturated carbocycles. The minimum absolute atomic E-state index is 0.0760. The lowest BCUT2D eigenvalue weighted by Gasteiger charge is -2.32. The summed E-state index contributed by atoms with van der Waals surface area (Å²) in [4.78, 5) is 19.3. The van der Waals surface area contributed by atoms with Crippen LogP contribution in [0.25, 0.3) is 0 Å². The summed E-state index contributed by atoms with van der Waals surface area (Å²) >= 11 is 0. The Kier molecular flexibility index (Phi) is 8.30. The van der Waals surface area contributed by atoms with Crippen molar-refractivity contribution in [3.05, 3.63) is 52.7 Å². The number of anilines is 1. The molecule has 200 valence electrons. The first-order valence-electron chi connectivity index (χ1n) is 14.1. The summed E-state index contributed by atoms with van der Waals surface area (Å²) in [7, 11) is 0. The number of aromatic nitrogens is 1. The maximum absolute atomic E-state index is 12.5. The summed E-state index contributed by atoms with van der Waals surface area (Å²) in [6.07, 6.45) is 7.07. The van der Waals surface area contributed by atoms with E-state index in [-0.39, 0.29) is 6.10 Å². The number of fused-ring (bicyclic) bond motifs is 2. The van der Waals surface area contributed by atoms with Crippen molar-refractivity contribution in [3.8, 4) is 5.75 Å². The first-order chi connectivity index (χ1) is 18.0. The maximum atomic E-state index is 12.5. The van der Waals surface area contributed by atoms with Crippen LogP contribution in [0.2, 0.25) is 0 Å². The number of ether oxygens (including phenoxy) is 2. The number of hydrogen-bond acceptors (Lipinski definition) is 6. The van der Waals surface area contributed by atoms with Crippen molar-refractivity contribution in [2.75, 3.05) is 38.2 Å². The molecule has 7 heteroatoms. The van der Waals surface area contributed by atoms with E-state index in [1.165, 1.54) is 12.0 Å². The fraction of sp³-hybridized carbons (Fsp3) is 0.600. The van der Waals surface area contributed by atoms with Gasteiger partial charge in [0.2, 0.25) is 0 Å². The second kappa shape index (κ2) is 11.8. The van der Waals surface area contributed by atoms with Crippen LogP contribution in [0.15, 0.2) is 30.3 Å². The van der Waals surface area contributed by atoms with Crippen LogP contribution in [-0.2, 0) is 28.8 Å². The van der Waals surface area contributed by atoms with E-state index in [1.54, 1.807) is 0 Å². The lowest BCUT2D eigenvalue weighted by atomic mass is 9.84. The van der Waals surface area contributed by atoms with E-state index in [9.17, 15) is 9.90 Å². The molecule has 2 N–H and O–H groups in total. The number of aryl methyl sites for hydroxylation is 2. The molecule has 0 amide bonds. The second-order valence-electron chi connectivity index (χ2n) is 11.2. The largest absolute Gasteiger partial charge is 0.493 e. The average molecular weight is 508 g/mol. The van der Waals surface area contributed by atoms with E-state index in [2.05, 4.69) is 36.2 Å². The summed E-state index contributed by atoms with van der Waals surface area (Å²) < 4.78 is 12.2. The number of likely N-dealkylation sites (tertiary alicyclic amines) is 1. The molecule has 4 heterocycles. The standard InChI is InChI=1S/C30H41N3O4/c1-20(2)22-17-26-25(9-5-10-27(26)37-19-22)28(30(34)35)33-15-13-24(18-33)36-16-4-3-8-23-12-11-21-7-6-14-31-29(21)32-23/h5,9-12,20,22,24,28H,3-4,6-8,13-19H2,1-2H3,(H,31,32)(H,34,35). The normalized spacial score (nSPS) is 22.1. The molecule has 1 saturated heterocycles. The lowest BCUT2D eigenvalue weighted by molar-refractivity contribution is -0.143. The van der Waals surface area contributed by atoms with E-state index in [0.29, 0.717) is 31.6 Å². The monoisotopic (exact) mass is 507 g/mol. The molecule has 0 radical (unpaired) electrons. The highest BCUT2D eigenvalue weighted by Crippen LogP contribution is 2.38. The maximum Gasteiger partial charge on any atom is 0.325 e. The molecule has 7 nitrogen and oxygen atoms in total. The summed E-state index contributed by atoms with van der Waals surface area (Å²) in [5, 5.41) is 13.7. The Labute approximate surface area is 220 Å². The van der Waals surface area contributed by atoms with Crippen LogP contribution in [0.5, 0.6) is 5.75 Å². The number of pyridine rings is 1. The molecule has 0 bridgehead atoms. The summed E-state index contributed by atoms with van der Waals surface area (Å²) in [6, 6.07) is 9.58. The number of aliphatic carboxylic acids is 1. The van der Waals surface area contributed by atoms with Crippen molar-refractivity contribution < 1.29 is 19.4 Å². The third-order valence-corrected chi connectivity index (χ3v) is 8.23. The number of nitrogens with one attached hydrogen (secondary N) is 1. The van der Waals surface area contributed by atoms with Crippen LogP contribution >= 0.6 is 0 Å². The molecule has 2 aromatic rings. The van der Waals surface area contributed by atoms with Gasteiger partial charge in [0.25, 0.3) is 0 Å². The number of carboxylic acid groups (broad SMARTS) is 1. The van der Waals surface area contributed by atoms with Crippen LogP contribution in [0.1, 0.15) is 68.0 Å². The highest BCUT2D eigenvalue weighted by molar-refractivity contribution is 5.76. The van der Waals surface area contributed by atoms with Gasteiger partial charge in [0.1, 0.15) is 17.6 Å². The minimum atomic E-state index is -0.798. The van der Waals surface area contributed by atoms with Crippen molar-refractivity contribution in [2.45, 2.75) is 70.9 Å². The molecule has 3 unspecified atom stereocenters. The zero-order valence-electron chi connectivity index (χ0n) is 22.2. The first-order valence-corrected chi connectivity index (χ1v) is 14.1. The molecule has 3 aliphatic rings. The Morgan fingerprint density at radius 3 is 3.00 bits per heavy atom. The van der Waals surface area contributed by atoms with Gasteiger partial charge in [-0.25, -0.2) is 4.98 Å². The van der Waals surface area contributed by atoms with Gasteiger partial charge in [-0.3, -0.25) is 9.69 Å². The van der Waals surface area contributed by atoms with Crippen molar-refractivity contribution >= 4 is 11.8 Å². The zero-order chi connectivity index (χ0) is 25.8. The lowest BCUT2D eigenvalue weighted by Crippen LogP contribution is -2.35. The fourth-order valence-corrected chi connectivity index (χ4v) is 5.92. The minimum Gasteiger partial charge on any atom is -0.493 e. The van der Waals surface area contributed by atoms with Crippen molar-refractivity contribution in [1.82, 2.24) is 9.88 Å². The third-order valence-electron chi connectivity index (χ3n) is 8.23. The van der Waals surface area contributed by atoms with E-state index >= 15 is 0 Å². The second-order valence-corrected chi connectivity index (χ2v) is 11.2. The highest BCUT2D eigenvalue weighted by atomic mass is 16.5. The fourth-order valence-electron chi connectivity index (χ4n) is 5.92. The Morgan fingerprint density at radius 1 is 1.27 bits per heavy atom. The van der Waals surface area contributed by atoms with Gasteiger partial charge in [-0.1, -0.05) is 32.0 Å². The van der Waals surface area contributed by atoms with Crippen LogP contribution < -0.4 is 10.1 Å². The predicted molar refractivity (Wildman–Crippen MR) is 144 cm³/mol. The van der Waals surface area contributed by atoms with Crippen LogP contribution in [0.4, 0.5) is 5.82 Å². The Hall–Kier alpha value is -2.64. The summed E-state index contributed by atoms with van der Waals surface area (Å²) in [5.74, 6) is 2.01. The van der Waals surface area contributed by atoms with Gasteiger partial charge in [-0.2, -0.15) is 0 Å². The molecule has 37 heavy (non-hydrogen) atoms. The molecule has 3 atom stereocenters. The van der Waals surface area contributed by atoms with Gasteiger partial charge >= 0.3 is 5.97 Å². The smallest absolute Gasteiger partial charge is 0.325 e. The molecule has 1 aromatic heterocycles. The molecule has 0 aliphatic carbocycles. The molecule has 3 aliphatic heterocycles. The predicted octanol–water partition coefficient (Wildman–Crippen LogP) is 4.89. The molecule has 0 spiro atoms. The van der Waals surface area contributed by atoms with Crippen molar-refractivity contribution in [2.24, 2.45) is 11.8 Å². The molecular weight excluding hydrogens is 466 g/mol. The molecular formula is C30H41N3O4. The number of carbonyl (C=O) groups is 1. The number of carboxylic acids is 1. The average Bonchev–Trinajstić information content (AvgIpc) is 3.36. The van der Waals surface area contributed by atoms with Gasteiger partial charge in [0.15, 0.2) is 0 Å². The molecule has 1 aromatic carbocycles. The summed E-state index contributed by atoms with van der Waals surface area (Å²) in [5.41, 5.74) is 4.41. The number of rotatable bonds is 10. The number of benzene rings is 1. The van der Waals surface area contributed by atoms with Gasteiger partial charge in [-0.15, -0.1) is 0 Å². The third kappa shape index (κ3) is 6.10. The van der Waals surface area contributed by atoms with Crippen LogP contribution in [-0.4, -0.2) is 59.9 Å². The van der Waals surface area contributed by atoms with E-state index < -0.39 is 12.0 Å². The van der Waals surface area contributed by atoms with E-state index in [1.807, 2.05) is 18.2 Å². The molecule has 5 rings (SSSR count). The number of unbranched alkanes of at least 4 members (excludes halogenated alkanes) is 1. The number of hydrogen-bond donors (Lipinski definition) is 2. The Balaban J connectivity index is 1.13. The van der Waals surface area contributed by atoms with Crippen LogP contribution in [0, 0.1) is 11.8 Å². The SMILES string of the molecule is CC(C)C1COc2cccc(C(C(=O)O)N3CCC(OCCCCc4ccc5c(n4)NCCC5)C3)c2C1. The first kappa shape index (κ1) is 26.0. The Morgan fingerprint density at radius 2 is 2.16 bits per heavy atom. The van der Waals surface area contributed by atoms with Gasteiger partial charge in [0, 0.05) is 31.9 Å². The summed E-state index contributed by atoms with van der Waals surface area (Å²) in [6.45, 7) is 8.20. The Bertz CT molecular complexity index is 1090. The van der Waals surface area contributed by atoms with Gasteiger partial charge in [-0.05, 0) is 85.6 Å². The number of nitrogens with zero attached hydrogens (tertiary/aromatic N) is 2. The van der Waals surface area contributed by atoms with Gasteiger partial charge < -0.3 is 19.9 Å². The van der Waals surface area contributed by atoms with Crippen molar-refractivity contribution in [1.29, 1.82) is 0 Å². The topological polar surface area (TPSA) is 83.9 Å².